The Hall–Kier alpha value is -2.54. The van der Waals surface area contributed by atoms with Crippen molar-refractivity contribution < 1.29 is 19.0 Å². The molecule has 0 aromatic heterocycles. The summed E-state index contributed by atoms with van der Waals surface area (Å²) in [5.41, 5.74) is 0.804. The second-order valence-corrected chi connectivity index (χ2v) is 6.26. The molecule has 1 aliphatic rings. The number of halogens is 1. The van der Waals surface area contributed by atoms with Crippen molar-refractivity contribution in [1.29, 1.82) is 0 Å². The number of methoxy groups -OCH3 is 1. The van der Waals surface area contributed by atoms with Gasteiger partial charge in [0.05, 0.1) is 7.11 Å². The molecule has 25 heavy (non-hydrogen) atoms. The first-order valence-electron chi connectivity index (χ1n) is 7.63. The summed E-state index contributed by atoms with van der Waals surface area (Å²) < 4.78 is 17.6. The van der Waals surface area contributed by atoms with Crippen molar-refractivity contribution in [2.75, 3.05) is 13.7 Å². The number of hydrazone groups is 1. The molecule has 0 unspecified atom stereocenters. The lowest BCUT2D eigenvalue weighted by Crippen LogP contribution is -2.25. The lowest BCUT2D eigenvalue weighted by atomic mass is 10.2. The van der Waals surface area contributed by atoms with Gasteiger partial charge < -0.3 is 14.2 Å². The maximum Gasteiger partial charge on any atom is 0.247 e. The summed E-state index contributed by atoms with van der Waals surface area (Å²) in [4.78, 5) is 11.9. The first kappa shape index (κ1) is 17.3. The minimum absolute atomic E-state index is 0.137. The predicted molar refractivity (Wildman–Crippen MR) is 96.4 cm³/mol. The summed E-state index contributed by atoms with van der Waals surface area (Å²) >= 11 is 3.37. The van der Waals surface area contributed by atoms with Crippen LogP contribution in [0.15, 0.2) is 58.1 Å². The monoisotopic (exact) mass is 404 g/mol. The quantitative estimate of drug-likeness (QED) is 0.761. The SMILES string of the molecule is COc1ccc([C@H]2OC(COc3ccc(Br)cc3)=NN2C(C)=O)cc1. The van der Waals surface area contributed by atoms with E-state index in [0.29, 0.717) is 11.6 Å². The van der Waals surface area contributed by atoms with Crippen LogP contribution in [-0.2, 0) is 9.53 Å². The van der Waals surface area contributed by atoms with E-state index in [4.69, 9.17) is 14.2 Å². The van der Waals surface area contributed by atoms with Gasteiger partial charge >= 0.3 is 0 Å². The Bertz CT molecular complexity index is 775. The fourth-order valence-corrected chi connectivity index (χ4v) is 2.59. The van der Waals surface area contributed by atoms with Crippen molar-refractivity contribution in [3.63, 3.8) is 0 Å². The third-order valence-corrected chi connectivity index (χ3v) is 4.12. The first-order valence-corrected chi connectivity index (χ1v) is 8.42. The molecule has 0 N–H and O–H groups in total. The number of ether oxygens (including phenoxy) is 3. The van der Waals surface area contributed by atoms with Crippen molar-refractivity contribution >= 4 is 27.7 Å². The van der Waals surface area contributed by atoms with Crippen molar-refractivity contribution in [2.45, 2.75) is 13.2 Å². The fourth-order valence-electron chi connectivity index (χ4n) is 2.33. The number of amides is 1. The molecule has 0 bridgehead atoms. The van der Waals surface area contributed by atoms with Crippen molar-refractivity contribution in [3.05, 3.63) is 58.6 Å². The lowest BCUT2D eigenvalue weighted by molar-refractivity contribution is -0.135. The first-order chi connectivity index (χ1) is 12.1. The van der Waals surface area contributed by atoms with E-state index in [9.17, 15) is 4.79 Å². The summed E-state index contributed by atoms with van der Waals surface area (Å²) in [7, 11) is 1.60. The van der Waals surface area contributed by atoms with Crippen LogP contribution in [0.4, 0.5) is 0 Å². The van der Waals surface area contributed by atoms with Crippen molar-refractivity contribution in [3.8, 4) is 11.5 Å². The molecule has 0 aliphatic carbocycles. The minimum Gasteiger partial charge on any atom is -0.497 e. The number of hydrogen-bond acceptors (Lipinski definition) is 5. The van der Waals surface area contributed by atoms with Crippen LogP contribution in [0.2, 0.25) is 0 Å². The zero-order chi connectivity index (χ0) is 17.8. The molecule has 2 aromatic carbocycles. The van der Waals surface area contributed by atoms with E-state index in [0.717, 1.165) is 15.8 Å². The number of carbonyl (C=O) groups is 1. The second kappa shape index (κ2) is 7.57. The van der Waals surface area contributed by atoms with Gasteiger partial charge in [0.2, 0.25) is 18.0 Å². The van der Waals surface area contributed by atoms with Crippen molar-refractivity contribution in [2.24, 2.45) is 5.10 Å². The maximum atomic E-state index is 11.9. The number of rotatable bonds is 5. The Morgan fingerprint density at radius 3 is 2.40 bits per heavy atom. The Balaban J connectivity index is 1.70. The Morgan fingerprint density at radius 2 is 1.80 bits per heavy atom. The molecular formula is C18H17BrN2O4. The fraction of sp³-hybridized carbons (Fsp3) is 0.222. The van der Waals surface area contributed by atoms with Crippen LogP contribution in [0, 0.1) is 0 Å². The van der Waals surface area contributed by atoms with E-state index in [2.05, 4.69) is 21.0 Å². The molecular weight excluding hydrogens is 388 g/mol. The van der Waals surface area contributed by atoms with Gasteiger partial charge in [-0.25, -0.2) is 0 Å². The molecule has 0 spiro atoms. The lowest BCUT2D eigenvalue weighted by Gasteiger charge is -2.19. The summed E-state index contributed by atoms with van der Waals surface area (Å²) in [6.45, 7) is 1.58. The molecule has 3 rings (SSSR count). The summed E-state index contributed by atoms with van der Waals surface area (Å²) in [6.07, 6.45) is -0.605. The Morgan fingerprint density at radius 1 is 1.16 bits per heavy atom. The molecule has 1 atom stereocenters. The Labute approximate surface area is 154 Å². The van der Waals surface area contributed by atoms with Gasteiger partial charge in [-0.1, -0.05) is 15.9 Å². The third kappa shape index (κ3) is 4.11. The number of benzene rings is 2. The molecule has 7 heteroatoms. The van der Waals surface area contributed by atoms with Gasteiger partial charge in [0.1, 0.15) is 11.5 Å². The topological polar surface area (TPSA) is 60.4 Å². The highest BCUT2D eigenvalue weighted by Crippen LogP contribution is 2.29. The number of hydrogen-bond donors (Lipinski definition) is 0. The highest BCUT2D eigenvalue weighted by atomic mass is 79.9. The van der Waals surface area contributed by atoms with E-state index in [1.54, 1.807) is 7.11 Å². The van der Waals surface area contributed by atoms with E-state index < -0.39 is 6.23 Å². The second-order valence-electron chi connectivity index (χ2n) is 5.34. The predicted octanol–water partition coefficient (Wildman–Crippen LogP) is 3.73. The summed E-state index contributed by atoms with van der Waals surface area (Å²) in [6, 6.07) is 14.7. The zero-order valence-electron chi connectivity index (χ0n) is 13.8. The van der Waals surface area contributed by atoms with Gasteiger partial charge in [0.25, 0.3) is 0 Å². The molecule has 0 fully saturated rings. The summed E-state index contributed by atoms with van der Waals surface area (Å²) in [5.74, 6) is 1.56. The van der Waals surface area contributed by atoms with Gasteiger partial charge in [0.15, 0.2) is 6.61 Å². The van der Waals surface area contributed by atoms with E-state index in [1.807, 2.05) is 48.5 Å². The molecule has 6 nitrogen and oxygen atoms in total. The summed E-state index contributed by atoms with van der Waals surface area (Å²) in [5, 5.41) is 5.54. The third-order valence-electron chi connectivity index (χ3n) is 3.59. The highest BCUT2D eigenvalue weighted by molar-refractivity contribution is 9.10. The van der Waals surface area contributed by atoms with E-state index >= 15 is 0 Å². The normalized spacial score (nSPS) is 16.2. The average molecular weight is 405 g/mol. The average Bonchev–Trinajstić information content (AvgIpc) is 3.06. The van der Waals surface area contributed by atoms with Crippen LogP contribution in [-0.4, -0.2) is 30.5 Å². The largest absolute Gasteiger partial charge is 0.497 e. The molecule has 1 aliphatic heterocycles. The van der Waals surface area contributed by atoms with Crippen LogP contribution < -0.4 is 9.47 Å². The van der Waals surface area contributed by atoms with Crippen molar-refractivity contribution in [1.82, 2.24) is 5.01 Å². The smallest absolute Gasteiger partial charge is 0.247 e. The maximum absolute atomic E-state index is 11.9. The standard InChI is InChI=1S/C18H17BrN2O4/c1-12(22)21-18(13-3-7-15(23-2)8-4-13)25-17(20-21)11-24-16-9-5-14(19)6-10-16/h3-10,18H,11H2,1-2H3/t18-/m1/s1. The zero-order valence-corrected chi connectivity index (χ0v) is 15.4. The molecule has 2 aromatic rings. The highest BCUT2D eigenvalue weighted by Gasteiger charge is 2.32. The van der Waals surface area contributed by atoms with Gasteiger partial charge in [-0.15, -0.1) is 5.10 Å². The van der Waals surface area contributed by atoms with Crippen LogP contribution >= 0.6 is 15.9 Å². The Kier molecular flexibility index (Phi) is 5.23. The van der Waals surface area contributed by atoms with Gasteiger partial charge in [0, 0.05) is 17.0 Å². The molecule has 0 radical (unpaired) electrons. The number of nitrogens with zero attached hydrogens (tertiary/aromatic N) is 2. The number of carbonyl (C=O) groups excluding carboxylic acids is 1. The van der Waals surface area contributed by atoms with E-state index in [-0.39, 0.29) is 12.5 Å². The van der Waals surface area contributed by atoms with Crippen LogP contribution in [0.3, 0.4) is 0 Å². The minimum atomic E-state index is -0.605. The van der Waals surface area contributed by atoms with Crippen LogP contribution in [0.5, 0.6) is 11.5 Å². The molecule has 0 saturated heterocycles. The van der Waals surface area contributed by atoms with E-state index in [1.165, 1.54) is 11.9 Å². The van der Waals surface area contributed by atoms with Gasteiger partial charge in [-0.05, 0) is 48.5 Å². The van der Waals surface area contributed by atoms with Gasteiger partial charge in [-0.2, -0.15) is 5.01 Å². The van der Waals surface area contributed by atoms with Crippen LogP contribution in [0.25, 0.3) is 0 Å². The molecule has 130 valence electrons. The molecule has 1 heterocycles. The molecule has 0 saturated carbocycles. The van der Waals surface area contributed by atoms with Gasteiger partial charge in [-0.3, -0.25) is 4.79 Å². The van der Waals surface area contributed by atoms with Crippen LogP contribution in [0.1, 0.15) is 18.7 Å². The molecule has 1 amide bonds.